The predicted octanol–water partition coefficient (Wildman–Crippen LogP) is 2.75. The Kier molecular flexibility index (Phi) is 4.91. The summed E-state index contributed by atoms with van der Waals surface area (Å²) in [5.41, 5.74) is -0.565. The van der Waals surface area contributed by atoms with E-state index in [9.17, 15) is 19.5 Å². The molecule has 0 aliphatic heterocycles. The molecule has 8 nitrogen and oxygen atoms in total. The number of H-pyrrole nitrogens is 1. The van der Waals surface area contributed by atoms with Crippen LogP contribution < -0.4 is 10.9 Å². The van der Waals surface area contributed by atoms with Crippen LogP contribution in [-0.2, 0) is 0 Å². The van der Waals surface area contributed by atoms with Crippen molar-refractivity contribution in [2.45, 2.75) is 0 Å². The number of benzene rings is 2. The van der Waals surface area contributed by atoms with Crippen molar-refractivity contribution >= 4 is 29.2 Å². The van der Waals surface area contributed by atoms with Gasteiger partial charge in [-0.3, -0.25) is 9.59 Å². The van der Waals surface area contributed by atoms with Crippen molar-refractivity contribution in [2.24, 2.45) is 0 Å². The molecule has 0 spiro atoms. The quantitative estimate of drug-likeness (QED) is 0.510. The van der Waals surface area contributed by atoms with Crippen LogP contribution in [0.25, 0.3) is 11.4 Å². The number of aromatic carboxylic acids is 1. The second-order valence-corrected chi connectivity index (χ2v) is 5.91. The van der Waals surface area contributed by atoms with Crippen LogP contribution in [0.3, 0.4) is 0 Å². The number of nitrogens with zero attached hydrogens (tertiary/aromatic N) is 1. The summed E-state index contributed by atoms with van der Waals surface area (Å²) in [7, 11) is 0. The first-order valence-electron chi connectivity index (χ1n) is 7.58. The average molecular weight is 386 g/mol. The molecule has 0 saturated carbocycles. The van der Waals surface area contributed by atoms with Gasteiger partial charge in [-0.25, -0.2) is 9.78 Å². The molecular weight excluding hydrogens is 374 g/mol. The van der Waals surface area contributed by atoms with E-state index in [4.69, 9.17) is 16.7 Å². The highest BCUT2D eigenvalue weighted by Gasteiger charge is 2.15. The largest absolute Gasteiger partial charge is 0.507 e. The van der Waals surface area contributed by atoms with Crippen LogP contribution >= 0.6 is 11.6 Å². The predicted molar refractivity (Wildman–Crippen MR) is 98.3 cm³/mol. The molecule has 4 N–H and O–H groups in total. The van der Waals surface area contributed by atoms with Crippen molar-refractivity contribution in [3.8, 4) is 17.1 Å². The molecular formula is C18H12ClN3O5. The molecule has 2 aromatic carbocycles. The van der Waals surface area contributed by atoms with E-state index in [0.717, 1.165) is 18.3 Å². The first-order valence-corrected chi connectivity index (χ1v) is 7.96. The maximum atomic E-state index is 12.3. The normalized spacial score (nSPS) is 10.4. The van der Waals surface area contributed by atoms with Gasteiger partial charge in [-0.05, 0) is 42.5 Å². The lowest BCUT2D eigenvalue weighted by Crippen LogP contribution is -2.24. The Hall–Kier alpha value is -3.65. The zero-order valence-electron chi connectivity index (χ0n) is 13.6. The van der Waals surface area contributed by atoms with Gasteiger partial charge in [0.05, 0.1) is 0 Å². The highest BCUT2D eigenvalue weighted by atomic mass is 35.5. The molecule has 0 unspecified atom stereocenters. The smallest absolute Gasteiger partial charge is 0.339 e. The Bertz CT molecular complexity index is 1090. The van der Waals surface area contributed by atoms with E-state index >= 15 is 0 Å². The molecule has 1 heterocycles. The minimum absolute atomic E-state index is 0.108. The SMILES string of the molecule is O=C(O)c1cc(NC(=O)c2cnc(-c3ccc(Cl)cc3)[nH]c2=O)ccc1O. The molecule has 3 aromatic rings. The van der Waals surface area contributed by atoms with Crippen molar-refractivity contribution in [3.63, 3.8) is 0 Å². The summed E-state index contributed by atoms with van der Waals surface area (Å²) < 4.78 is 0. The lowest BCUT2D eigenvalue weighted by Gasteiger charge is -2.07. The number of nitrogens with one attached hydrogen (secondary N) is 2. The monoisotopic (exact) mass is 385 g/mol. The number of aromatic hydroxyl groups is 1. The summed E-state index contributed by atoms with van der Waals surface area (Å²) in [5, 5.41) is 21.4. The van der Waals surface area contributed by atoms with E-state index < -0.39 is 23.2 Å². The molecule has 1 aromatic heterocycles. The number of anilines is 1. The summed E-state index contributed by atoms with van der Waals surface area (Å²) >= 11 is 5.82. The van der Waals surface area contributed by atoms with Crippen molar-refractivity contribution in [1.82, 2.24) is 9.97 Å². The molecule has 136 valence electrons. The van der Waals surface area contributed by atoms with Crippen LogP contribution in [0, 0.1) is 0 Å². The van der Waals surface area contributed by atoms with Gasteiger partial charge in [0.25, 0.3) is 11.5 Å². The van der Waals surface area contributed by atoms with Gasteiger partial charge in [0.1, 0.15) is 22.7 Å². The van der Waals surface area contributed by atoms with Crippen molar-refractivity contribution in [3.05, 3.63) is 75.2 Å². The molecule has 1 amide bonds. The number of carboxylic acids is 1. The molecule has 9 heteroatoms. The Morgan fingerprint density at radius 2 is 1.78 bits per heavy atom. The summed E-state index contributed by atoms with van der Waals surface area (Å²) in [6, 6.07) is 10.1. The second-order valence-electron chi connectivity index (χ2n) is 5.47. The van der Waals surface area contributed by atoms with Gasteiger partial charge in [0, 0.05) is 22.5 Å². The van der Waals surface area contributed by atoms with E-state index in [1.54, 1.807) is 24.3 Å². The number of phenols is 1. The topological polar surface area (TPSA) is 132 Å². The van der Waals surface area contributed by atoms with Crippen LogP contribution in [0.1, 0.15) is 20.7 Å². The van der Waals surface area contributed by atoms with Gasteiger partial charge >= 0.3 is 5.97 Å². The Morgan fingerprint density at radius 3 is 2.41 bits per heavy atom. The number of hydrogen-bond acceptors (Lipinski definition) is 5. The van der Waals surface area contributed by atoms with E-state index in [1.165, 1.54) is 6.07 Å². The molecule has 0 aliphatic rings. The van der Waals surface area contributed by atoms with Crippen LogP contribution in [0.4, 0.5) is 5.69 Å². The van der Waals surface area contributed by atoms with Crippen LogP contribution in [0.15, 0.2) is 53.5 Å². The van der Waals surface area contributed by atoms with Gasteiger partial charge in [-0.1, -0.05) is 11.6 Å². The molecule has 0 atom stereocenters. The Balaban J connectivity index is 1.85. The van der Waals surface area contributed by atoms with Gasteiger partial charge < -0.3 is 20.5 Å². The lowest BCUT2D eigenvalue weighted by atomic mass is 10.1. The maximum absolute atomic E-state index is 12.3. The number of halogens is 1. The first kappa shape index (κ1) is 18.2. The fourth-order valence-electron chi connectivity index (χ4n) is 2.29. The van der Waals surface area contributed by atoms with Crippen molar-refractivity contribution in [2.75, 3.05) is 5.32 Å². The van der Waals surface area contributed by atoms with E-state index in [-0.39, 0.29) is 22.6 Å². The fourth-order valence-corrected chi connectivity index (χ4v) is 2.42. The van der Waals surface area contributed by atoms with Crippen molar-refractivity contribution < 1.29 is 19.8 Å². The number of carboxylic acid groups (broad SMARTS) is 1. The number of carbonyl (C=O) groups is 2. The standard InChI is InChI=1S/C18H12ClN3O5/c19-10-3-1-9(2-4-10)15-20-8-13(17(25)22-15)16(24)21-11-5-6-14(23)12(7-11)18(26)27/h1-8,23H,(H,21,24)(H,26,27)(H,20,22,25). The first-order chi connectivity index (χ1) is 12.8. The van der Waals surface area contributed by atoms with Gasteiger partial charge in [0.15, 0.2) is 0 Å². The second kappa shape index (κ2) is 7.30. The zero-order valence-corrected chi connectivity index (χ0v) is 14.3. The number of aromatic nitrogens is 2. The van der Waals surface area contributed by atoms with E-state index in [2.05, 4.69) is 15.3 Å². The van der Waals surface area contributed by atoms with Gasteiger partial charge in [0.2, 0.25) is 0 Å². The third kappa shape index (κ3) is 3.96. The molecule has 0 radical (unpaired) electrons. The Labute approximate surface area is 157 Å². The molecule has 27 heavy (non-hydrogen) atoms. The summed E-state index contributed by atoms with van der Waals surface area (Å²) in [5.74, 6) is -2.29. The fraction of sp³-hybridized carbons (Fsp3) is 0. The molecule has 0 aliphatic carbocycles. The maximum Gasteiger partial charge on any atom is 0.339 e. The van der Waals surface area contributed by atoms with E-state index in [1.807, 2.05) is 0 Å². The highest BCUT2D eigenvalue weighted by molar-refractivity contribution is 6.30. The van der Waals surface area contributed by atoms with Crippen LogP contribution in [0.5, 0.6) is 5.75 Å². The molecule has 0 fully saturated rings. The summed E-state index contributed by atoms with van der Waals surface area (Å²) in [6.07, 6.45) is 1.12. The lowest BCUT2D eigenvalue weighted by molar-refractivity contribution is 0.0693. The average Bonchev–Trinajstić information content (AvgIpc) is 2.63. The zero-order chi connectivity index (χ0) is 19.6. The number of aromatic amines is 1. The van der Waals surface area contributed by atoms with Gasteiger partial charge in [-0.15, -0.1) is 0 Å². The van der Waals surface area contributed by atoms with E-state index in [0.29, 0.717) is 10.6 Å². The molecule has 3 rings (SSSR count). The molecule has 0 saturated heterocycles. The number of carbonyl (C=O) groups excluding carboxylic acids is 1. The highest BCUT2D eigenvalue weighted by Crippen LogP contribution is 2.22. The summed E-state index contributed by atoms with van der Waals surface area (Å²) in [6.45, 7) is 0. The minimum Gasteiger partial charge on any atom is -0.507 e. The number of amides is 1. The number of rotatable bonds is 4. The third-order valence-electron chi connectivity index (χ3n) is 3.65. The Morgan fingerprint density at radius 1 is 1.07 bits per heavy atom. The van der Waals surface area contributed by atoms with Crippen LogP contribution in [0.2, 0.25) is 5.02 Å². The summed E-state index contributed by atoms with van der Waals surface area (Å²) in [4.78, 5) is 42.1. The molecule has 0 bridgehead atoms. The minimum atomic E-state index is -1.35. The van der Waals surface area contributed by atoms with Crippen molar-refractivity contribution in [1.29, 1.82) is 0 Å². The van der Waals surface area contributed by atoms with Crippen LogP contribution in [-0.4, -0.2) is 32.1 Å². The van der Waals surface area contributed by atoms with Gasteiger partial charge in [-0.2, -0.15) is 0 Å². The third-order valence-corrected chi connectivity index (χ3v) is 3.90. The number of hydrogen-bond donors (Lipinski definition) is 4.